The zero-order valence-electron chi connectivity index (χ0n) is 14.1. The van der Waals surface area contributed by atoms with Crippen LogP contribution in [0, 0.1) is 6.92 Å². The number of nitrogens with zero attached hydrogens (tertiary/aromatic N) is 6. The Balaban J connectivity index is 1.92. The van der Waals surface area contributed by atoms with Gasteiger partial charge >= 0.3 is 0 Å². The lowest BCUT2D eigenvalue weighted by Crippen LogP contribution is -2.16. The Hall–Kier alpha value is -2.48. The van der Waals surface area contributed by atoms with Crippen LogP contribution in [0.1, 0.15) is 23.7 Å². The molecule has 0 bridgehead atoms. The summed E-state index contributed by atoms with van der Waals surface area (Å²) in [7, 11) is 3.74. The van der Waals surface area contributed by atoms with Gasteiger partial charge in [0.1, 0.15) is 10.9 Å². The average molecular weight is 341 g/mol. The average Bonchev–Trinajstić information content (AvgIpc) is 2.54. The van der Waals surface area contributed by atoms with Crippen molar-refractivity contribution in [1.82, 2.24) is 24.9 Å². The second-order valence-electron chi connectivity index (χ2n) is 5.61. The number of thioether (sulfide) groups is 1. The van der Waals surface area contributed by atoms with Gasteiger partial charge in [-0.05, 0) is 26.0 Å². The van der Waals surface area contributed by atoms with Crippen LogP contribution in [0.5, 0.6) is 0 Å². The van der Waals surface area contributed by atoms with Crippen molar-refractivity contribution in [2.45, 2.75) is 24.1 Å². The summed E-state index contributed by atoms with van der Waals surface area (Å²) in [6.07, 6.45) is 0. The summed E-state index contributed by atoms with van der Waals surface area (Å²) < 4.78 is 0. The van der Waals surface area contributed by atoms with Gasteiger partial charge in [-0.3, -0.25) is 0 Å². The molecule has 0 aliphatic heterocycles. The van der Waals surface area contributed by atoms with Crippen LogP contribution in [0.15, 0.2) is 29.3 Å². The fraction of sp³-hybridized carbons (Fsp3) is 0.312. The topological polar surface area (TPSA) is 93.7 Å². The number of nitrogens with two attached hydrogens (primary N) is 1. The van der Waals surface area contributed by atoms with Gasteiger partial charge < -0.3 is 10.6 Å². The van der Waals surface area contributed by atoms with Crippen molar-refractivity contribution in [3.8, 4) is 0 Å². The smallest absolute Gasteiger partial charge is 0.229 e. The Morgan fingerprint density at radius 2 is 1.67 bits per heavy atom. The first kappa shape index (κ1) is 16.4. The van der Waals surface area contributed by atoms with Gasteiger partial charge in [-0.2, -0.15) is 15.0 Å². The predicted octanol–water partition coefficient (Wildman–Crippen LogP) is 2.62. The van der Waals surface area contributed by atoms with E-state index in [9.17, 15) is 0 Å². The number of hydrogen-bond donors (Lipinski definition) is 1. The summed E-state index contributed by atoms with van der Waals surface area (Å²) in [6.45, 7) is 3.98. The Morgan fingerprint density at radius 1 is 1.00 bits per heavy atom. The van der Waals surface area contributed by atoms with Gasteiger partial charge in [0.15, 0.2) is 0 Å². The molecule has 0 saturated carbocycles. The van der Waals surface area contributed by atoms with Gasteiger partial charge in [0.25, 0.3) is 0 Å². The van der Waals surface area contributed by atoms with E-state index in [2.05, 4.69) is 19.9 Å². The highest BCUT2D eigenvalue weighted by Crippen LogP contribution is 2.34. The van der Waals surface area contributed by atoms with E-state index < -0.39 is 0 Å². The molecule has 0 unspecified atom stereocenters. The third-order valence-electron chi connectivity index (χ3n) is 3.41. The summed E-state index contributed by atoms with van der Waals surface area (Å²) in [6, 6.07) is 7.84. The van der Waals surface area contributed by atoms with Crippen molar-refractivity contribution in [2.75, 3.05) is 24.7 Å². The number of nitrogen functional groups attached to an aromatic ring is 1. The molecule has 2 heterocycles. The molecule has 8 heteroatoms. The Labute approximate surface area is 144 Å². The zero-order valence-corrected chi connectivity index (χ0v) is 14.9. The second kappa shape index (κ2) is 6.56. The maximum absolute atomic E-state index is 5.81. The number of hydrogen-bond acceptors (Lipinski definition) is 8. The number of para-hydroxylation sites is 2. The molecule has 2 N–H and O–H groups in total. The van der Waals surface area contributed by atoms with E-state index in [-0.39, 0.29) is 11.2 Å². The SMILES string of the molecule is Cc1nc2ccccc2nc1S[C@@H](C)c1nc(N)nc(N(C)C)n1. The van der Waals surface area contributed by atoms with Crippen molar-refractivity contribution in [3.05, 3.63) is 35.8 Å². The van der Waals surface area contributed by atoms with Crippen LogP contribution in [0.4, 0.5) is 11.9 Å². The van der Waals surface area contributed by atoms with Crippen molar-refractivity contribution in [1.29, 1.82) is 0 Å². The van der Waals surface area contributed by atoms with Crippen molar-refractivity contribution < 1.29 is 0 Å². The molecule has 0 radical (unpaired) electrons. The van der Waals surface area contributed by atoms with Crippen molar-refractivity contribution >= 4 is 34.7 Å². The van der Waals surface area contributed by atoms with Crippen LogP contribution in [0.3, 0.4) is 0 Å². The fourth-order valence-electron chi connectivity index (χ4n) is 2.18. The van der Waals surface area contributed by atoms with Crippen LogP contribution in [-0.4, -0.2) is 39.0 Å². The molecule has 0 aliphatic rings. The summed E-state index contributed by atoms with van der Waals surface area (Å²) in [4.78, 5) is 24.0. The molecule has 3 aromatic rings. The molecule has 0 spiro atoms. The lowest BCUT2D eigenvalue weighted by atomic mass is 10.3. The van der Waals surface area contributed by atoms with E-state index in [1.165, 1.54) is 0 Å². The molecule has 1 atom stereocenters. The molecule has 124 valence electrons. The van der Waals surface area contributed by atoms with Crippen molar-refractivity contribution in [2.24, 2.45) is 0 Å². The van der Waals surface area contributed by atoms with Gasteiger partial charge in [-0.1, -0.05) is 23.9 Å². The maximum Gasteiger partial charge on any atom is 0.229 e. The highest BCUT2D eigenvalue weighted by atomic mass is 32.2. The third kappa shape index (κ3) is 3.38. The quantitative estimate of drug-likeness (QED) is 0.724. The minimum Gasteiger partial charge on any atom is -0.368 e. The van der Waals surface area contributed by atoms with Gasteiger partial charge in [0, 0.05) is 14.1 Å². The van der Waals surface area contributed by atoms with E-state index in [4.69, 9.17) is 10.7 Å². The lowest BCUT2D eigenvalue weighted by Gasteiger charge is -2.15. The van der Waals surface area contributed by atoms with Gasteiger partial charge in [-0.15, -0.1) is 0 Å². The summed E-state index contributed by atoms with van der Waals surface area (Å²) >= 11 is 1.57. The van der Waals surface area contributed by atoms with Crippen LogP contribution in [0.25, 0.3) is 11.0 Å². The normalized spacial score (nSPS) is 12.3. The maximum atomic E-state index is 5.81. The van der Waals surface area contributed by atoms with Crippen molar-refractivity contribution in [3.63, 3.8) is 0 Å². The summed E-state index contributed by atoms with van der Waals surface area (Å²) in [5.74, 6) is 1.40. The summed E-state index contributed by atoms with van der Waals surface area (Å²) in [5.41, 5.74) is 8.47. The van der Waals surface area contributed by atoms with E-state index in [0.717, 1.165) is 21.8 Å². The molecule has 7 nitrogen and oxygen atoms in total. The minimum atomic E-state index is -0.0248. The molecule has 24 heavy (non-hydrogen) atoms. The molecular formula is C16H19N7S. The first-order valence-corrected chi connectivity index (χ1v) is 8.41. The molecule has 1 aromatic carbocycles. The largest absolute Gasteiger partial charge is 0.368 e. The Kier molecular flexibility index (Phi) is 4.48. The van der Waals surface area contributed by atoms with E-state index >= 15 is 0 Å². The molecule has 0 fully saturated rings. The van der Waals surface area contributed by atoms with E-state index in [1.54, 1.807) is 16.7 Å². The molecule has 3 rings (SSSR count). The molecule has 2 aromatic heterocycles. The summed E-state index contributed by atoms with van der Waals surface area (Å²) in [5, 5.41) is 0.842. The third-order valence-corrected chi connectivity index (χ3v) is 4.59. The van der Waals surface area contributed by atoms with Crippen LogP contribution in [-0.2, 0) is 0 Å². The van der Waals surface area contributed by atoms with Gasteiger partial charge in [0.2, 0.25) is 11.9 Å². The number of rotatable bonds is 4. The number of aromatic nitrogens is 5. The number of aryl methyl sites for hydroxylation is 1. The molecule has 0 amide bonds. The fourth-order valence-corrected chi connectivity index (χ4v) is 3.10. The highest BCUT2D eigenvalue weighted by Gasteiger charge is 2.17. The molecule has 0 aliphatic carbocycles. The Morgan fingerprint density at radius 3 is 2.33 bits per heavy atom. The van der Waals surface area contributed by atoms with E-state index in [1.807, 2.05) is 52.2 Å². The highest BCUT2D eigenvalue weighted by molar-refractivity contribution is 7.99. The number of benzene rings is 1. The number of fused-ring (bicyclic) bond motifs is 1. The first-order chi connectivity index (χ1) is 11.4. The van der Waals surface area contributed by atoms with Gasteiger partial charge in [-0.25, -0.2) is 9.97 Å². The van der Waals surface area contributed by atoms with Crippen LogP contribution < -0.4 is 10.6 Å². The molecule has 0 saturated heterocycles. The monoisotopic (exact) mass is 341 g/mol. The van der Waals surface area contributed by atoms with Crippen LogP contribution >= 0.6 is 11.8 Å². The molecular weight excluding hydrogens is 322 g/mol. The zero-order chi connectivity index (χ0) is 17.3. The van der Waals surface area contributed by atoms with Crippen LogP contribution in [0.2, 0.25) is 0 Å². The number of anilines is 2. The Bertz CT molecular complexity index is 881. The van der Waals surface area contributed by atoms with E-state index in [0.29, 0.717) is 11.8 Å². The predicted molar refractivity (Wildman–Crippen MR) is 97.1 cm³/mol. The van der Waals surface area contributed by atoms with Gasteiger partial charge in [0.05, 0.1) is 22.0 Å². The second-order valence-corrected chi connectivity index (χ2v) is 6.94. The standard InChI is InChI=1S/C16H19N7S/c1-9-14(19-12-8-6-5-7-11(12)18-9)24-10(2)13-20-15(17)22-16(21-13)23(3)4/h5-8,10H,1-4H3,(H2,17,20,21,22)/t10-/m0/s1. The first-order valence-electron chi connectivity index (χ1n) is 7.53. The lowest BCUT2D eigenvalue weighted by molar-refractivity contribution is 0.862. The minimum absolute atomic E-state index is 0.0248.